The molecule has 0 radical (unpaired) electrons. The number of aryl methyl sites for hydroxylation is 1. The van der Waals surface area contributed by atoms with Crippen LogP contribution in [0.1, 0.15) is 58.1 Å². The van der Waals surface area contributed by atoms with Gasteiger partial charge in [-0.15, -0.1) is 0 Å². The first-order valence-corrected chi connectivity index (χ1v) is 11.2. The van der Waals surface area contributed by atoms with Gasteiger partial charge in [-0.25, -0.2) is 4.79 Å². The molecule has 3 amide bonds. The third-order valence-corrected chi connectivity index (χ3v) is 5.97. The maximum Gasteiger partial charge on any atom is 0.410 e. The summed E-state index contributed by atoms with van der Waals surface area (Å²) < 4.78 is 7.28. The maximum absolute atomic E-state index is 12.4. The zero-order chi connectivity index (χ0) is 23.0. The number of imide groups is 1. The second kappa shape index (κ2) is 8.44. The van der Waals surface area contributed by atoms with E-state index in [1.807, 2.05) is 46.0 Å². The van der Waals surface area contributed by atoms with Crippen molar-refractivity contribution in [3.63, 3.8) is 0 Å². The number of rotatable bonds is 3. The van der Waals surface area contributed by atoms with Crippen LogP contribution in [0.5, 0.6) is 0 Å². The molecule has 0 spiro atoms. The van der Waals surface area contributed by atoms with Crippen LogP contribution in [-0.2, 0) is 21.4 Å². The van der Waals surface area contributed by atoms with Crippen LogP contribution in [0.2, 0.25) is 0 Å². The second-order valence-electron chi connectivity index (χ2n) is 9.60. The van der Waals surface area contributed by atoms with Gasteiger partial charge in [0.1, 0.15) is 5.60 Å². The highest BCUT2D eigenvalue weighted by Gasteiger charge is 2.32. The van der Waals surface area contributed by atoms with E-state index >= 15 is 0 Å². The van der Waals surface area contributed by atoms with Gasteiger partial charge in [-0.05, 0) is 46.1 Å². The molecule has 2 aliphatic heterocycles. The molecule has 9 nitrogen and oxygen atoms in total. The Morgan fingerprint density at radius 2 is 1.91 bits per heavy atom. The van der Waals surface area contributed by atoms with Gasteiger partial charge in [0.05, 0.1) is 22.8 Å². The Morgan fingerprint density at radius 1 is 1.19 bits per heavy atom. The third-order valence-electron chi connectivity index (χ3n) is 5.97. The summed E-state index contributed by atoms with van der Waals surface area (Å²) in [6.45, 7) is 6.88. The fourth-order valence-corrected chi connectivity index (χ4v) is 4.45. The Labute approximate surface area is 187 Å². The predicted molar refractivity (Wildman–Crippen MR) is 120 cm³/mol. The number of amides is 3. The number of carbonyl (C=O) groups is 3. The number of piperidine rings is 2. The first-order valence-electron chi connectivity index (χ1n) is 11.2. The number of benzene rings is 1. The Balaban J connectivity index is 1.48. The lowest BCUT2D eigenvalue weighted by molar-refractivity contribution is -0.134. The quantitative estimate of drug-likeness (QED) is 0.710. The molecule has 2 saturated heterocycles. The molecule has 1 unspecified atom stereocenters. The smallest absolute Gasteiger partial charge is 0.410 e. The molecule has 2 fully saturated rings. The monoisotopic (exact) mass is 441 g/mol. The topological polar surface area (TPSA) is 106 Å². The van der Waals surface area contributed by atoms with Crippen molar-refractivity contribution in [3.05, 3.63) is 23.9 Å². The number of fused-ring (bicyclic) bond motifs is 1. The van der Waals surface area contributed by atoms with Crippen LogP contribution in [0.15, 0.2) is 18.2 Å². The van der Waals surface area contributed by atoms with Crippen molar-refractivity contribution in [1.29, 1.82) is 0 Å². The minimum Gasteiger partial charge on any atom is -0.444 e. The van der Waals surface area contributed by atoms with Crippen LogP contribution >= 0.6 is 0 Å². The Bertz CT molecular complexity index is 1050. The fraction of sp³-hybridized carbons (Fsp3) is 0.565. The van der Waals surface area contributed by atoms with E-state index in [0.717, 1.165) is 29.4 Å². The molecule has 1 aromatic heterocycles. The molecule has 1 aromatic carbocycles. The highest BCUT2D eigenvalue weighted by molar-refractivity contribution is 6.03. The van der Waals surface area contributed by atoms with E-state index in [0.29, 0.717) is 31.6 Å². The van der Waals surface area contributed by atoms with Gasteiger partial charge < -0.3 is 15.0 Å². The number of aromatic nitrogens is 2. The number of anilines is 1. The van der Waals surface area contributed by atoms with Crippen LogP contribution in [0.3, 0.4) is 0 Å². The maximum atomic E-state index is 12.4. The Hall–Kier alpha value is -3.10. The van der Waals surface area contributed by atoms with E-state index in [4.69, 9.17) is 4.74 Å². The lowest BCUT2D eigenvalue weighted by atomic mass is 9.92. The molecule has 9 heteroatoms. The number of ether oxygens (including phenoxy) is 1. The summed E-state index contributed by atoms with van der Waals surface area (Å²) in [4.78, 5) is 38.0. The summed E-state index contributed by atoms with van der Waals surface area (Å²) in [6, 6.07) is 6.15. The van der Waals surface area contributed by atoms with Gasteiger partial charge in [-0.1, -0.05) is 12.1 Å². The minimum atomic E-state index is -0.498. The molecule has 32 heavy (non-hydrogen) atoms. The predicted octanol–water partition coefficient (Wildman–Crippen LogP) is 2.90. The molecule has 0 aliphatic carbocycles. The van der Waals surface area contributed by atoms with E-state index in [1.165, 1.54) is 0 Å². The third kappa shape index (κ3) is 4.56. The molecule has 2 aromatic rings. The number of para-hydroxylation sites is 1. The molecule has 3 heterocycles. The van der Waals surface area contributed by atoms with Crippen molar-refractivity contribution in [2.75, 3.05) is 18.4 Å². The van der Waals surface area contributed by atoms with Crippen molar-refractivity contribution in [1.82, 2.24) is 20.0 Å². The zero-order valence-electron chi connectivity index (χ0n) is 19.1. The van der Waals surface area contributed by atoms with Gasteiger partial charge in [0.25, 0.3) is 0 Å². The Morgan fingerprint density at radius 3 is 2.56 bits per heavy atom. The van der Waals surface area contributed by atoms with Gasteiger partial charge in [-0.2, -0.15) is 5.10 Å². The van der Waals surface area contributed by atoms with Crippen molar-refractivity contribution < 1.29 is 19.1 Å². The van der Waals surface area contributed by atoms with Crippen LogP contribution in [0.25, 0.3) is 10.9 Å². The summed E-state index contributed by atoms with van der Waals surface area (Å²) in [5, 5.41) is 11.6. The van der Waals surface area contributed by atoms with E-state index < -0.39 is 11.5 Å². The van der Waals surface area contributed by atoms with Crippen LogP contribution < -0.4 is 10.6 Å². The molecule has 0 bridgehead atoms. The molecule has 2 aliphatic rings. The van der Waals surface area contributed by atoms with Crippen LogP contribution in [-0.4, -0.2) is 57.3 Å². The lowest BCUT2D eigenvalue weighted by Gasteiger charge is -2.34. The molecular weight excluding hydrogens is 410 g/mol. The summed E-state index contributed by atoms with van der Waals surface area (Å²) in [7, 11) is 1.87. The van der Waals surface area contributed by atoms with E-state index in [2.05, 4.69) is 15.7 Å². The number of nitrogens with zero attached hydrogens (tertiary/aromatic N) is 3. The van der Waals surface area contributed by atoms with E-state index in [-0.39, 0.29) is 23.9 Å². The van der Waals surface area contributed by atoms with Crippen molar-refractivity contribution >= 4 is 34.5 Å². The van der Waals surface area contributed by atoms with Crippen LogP contribution in [0, 0.1) is 0 Å². The highest BCUT2D eigenvalue weighted by atomic mass is 16.6. The highest BCUT2D eigenvalue weighted by Crippen LogP contribution is 2.34. The summed E-state index contributed by atoms with van der Waals surface area (Å²) in [6.07, 6.45) is 2.15. The molecule has 172 valence electrons. The van der Waals surface area contributed by atoms with Gasteiger partial charge in [0.15, 0.2) is 0 Å². The summed E-state index contributed by atoms with van der Waals surface area (Å²) in [5.74, 6) is -0.940. The molecule has 0 saturated carbocycles. The SMILES string of the molecule is Cn1nc(C2CCC(=O)NC2=O)c2cccc(NC3CCN(C(=O)OC(C)(C)C)CC3)c21. The number of hydrogen-bond donors (Lipinski definition) is 2. The molecule has 4 rings (SSSR count). The first kappa shape index (κ1) is 22.1. The van der Waals surface area contributed by atoms with Gasteiger partial charge in [0.2, 0.25) is 11.8 Å². The van der Waals surface area contributed by atoms with Crippen molar-refractivity contribution in [2.24, 2.45) is 7.05 Å². The van der Waals surface area contributed by atoms with Gasteiger partial charge in [-0.3, -0.25) is 19.6 Å². The van der Waals surface area contributed by atoms with Crippen LogP contribution in [0.4, 0.5) is 10.5 Å². The van der Waals surface area contributed by atoms with Crippen molar-refractivity contribution in [3.8, 4) is 0 Å². The first-order chi connectivity index (χ1) is 15.1. The molecule has 2 N–H and O–H groups in total. The molecular formula is C23H31N5O4. The summed E-state index contributed by atoms with van der Waals surface area (Å²) >= 11 is 0. The van der Waals surface area contributed by atoms with E-state index in [9.17, 15) is 14.4 Å². The standard InChI is InChI=1S/C23H31N5O4/c1-23(2,3)32-22(31)28-12-10-14(11-13-28)24-17-7-5-6-15-19(26-27(4)20(15)17)16-8-9-18(29)25-21(16)30/h5-7,14,16,24H,8-13H2,1-4H3,(H,25,29,30). The average molecular weight is 442 g/mol. The minimum absolute atomic E-state index is 0.216. The average Bonchev–Trinajstić information content (AvgIpc) is 3.05. The number of nitrogens with one attached hydrogen (secondary N) is 2. The second-order valence-corrected chi connectivity index (χ2v) is 9.60. The zero-order valence-corrected chi connectivity index (χ0v) is 19.1. The summed E-state index contributed by atoms with van der Waals surface area (Å²) in [5.41, 5.74) is 2.09. The van der Waals surface area contributed by atoms with Gasteiger partial charge in [0, 0.05) is 38.0 Å². The molecule has 1 atom stereocenters. The number of likely N-dealkylation sites (tertiary alicyclic amines) is 1. The fourth-order valence-electron chi connectivity index (χ4n) is 4.45. The lowest BCUT2D eigenvalue weighted by Crippen LogP contribution is -2.44. The largest absolute Gasteiger partial charge is 0.444 e. The Kier molecular flexibility index (Phi) is 5.83. The van der Waals surface area contributed by atoms with Crippen molar-refractivity contribution in [2.45, 2.75) is 64.0 Å². The number of carbonyl (C=O) groups excluding carboxylic acids is 3. The van der Waals surface area contributed by atoms with E-state index in [1.54, 1.807) is 9.58 Å². The normalized spacial score (nSPS) is 20.4. The number of hydrogen-bond acceptors (Lipinski definition) is 6. The van der Waals surface area contributed by atoms with Gasteiger partial charge >= 0.3 is 6.09 Å².